The molecule has 0 saturated carbocycles. The van der Waals surface area contributed by atoms with Gasteiger partial charge in [-0.15, -0.1) is 0 Å². The Morgan fingerprint density at radius 2 is 2.06 bits per heavy atom. The summed E-state index contributed by atoms with van der Waals surface area (Å²) in [5.41, 5.74) is 3.93. The third-order valence-electron chi connectivity index (χ3n) is 2.73. The second-order valence-corrected chi connectivity index (χ2v) is 4.30. The average Bonchev–Trinajstić information content (AvgIpc) is 2.24. The summed E-state index contributed by atoms with van der Waals surface area (Å²) < 4.78 is 0. The van der Waals surface area contributed by atoms with E-state index in [2.05, 4.69) is 49.9 Å². The Labute approximate surface area is 98.5 Å². The molecule has 0 fully saturated rings. The van der Waals surface area contributed by atoms with Crippen molar-refractivity contribution in [3.8, 4) is 6.07 Å². The van der Waals surface area contributed by atoms with Crippen LogP contribution in [0.15, 0.2) is 18.2 Å². The Morgan fingerprint density at radius 3 is 2.69 bits per heavy atom. The third kappa shape index (κ3) is 3.67. The fraction of sp³-hybridized carbons (Fsp3) is 0.500. The lowest BCUT2D eigenvalue weighted by Gasteiger charge is -2.19. The van der Waals surface area contributed by atoms with Crippen LogP contribution in [0.1, 0.15) is 30.0 Å². The highest BCUT2D eigenvalue weighted by Crippen LogP contribution is 2.13. The van der Waals surface area contributed by atoms with Crippen LogP contribution >= 0.6 is 0 Å². The topological polar surface area (TPSA) is 27.0 Å². The number of aryl methyl sites for hydroxylation is 2. The van der Waals surface area contributed by atoms with Crippen molar-refractivity contribution < 1.29 is 0 Å². The van der Waals surface area contributed by atoms with Crippen molar-refractivity contribution in [2.24, 2.45) is 0 Å². The van der Waals surface area contributed by atoms with Gasteiger partial charge in [-0.25, -0.2) is 0 Å². The molecule has 0 aromatic heterocycles. The Bertz CT molecular complexity index is 377. The van der Waals surface area contributed by atoms with E-state index < -0.39 is 0 Å². The van der Waals surface area contributed by atoms with Crippen LogP contribution < -0.4 is 0 Å². The quantitative estimate of drug-likeness (QED) is 0.707. The van der Waals surface area contributed by atoms with E-state index >= 15 is 0 Å². The van der Waals surface area contributed by atoms with Gasteiger partial charge in [0, 0.05) is 6.54 Å². The van der Waals surface area contributed by atoms with Gasteiger partial charge in [-0.05, 0) is 37.9 Å². The average molecular weight is 216 g/mol. The molecule has 0 spiro atoms. The standard InChI is InChI=1S/C14H20N2/c1-4-8-16(9-7-15)11-14-10-12(2)5-6-13(14)3/h5-6,10H,4,8-9,11H2,1-3H3. The summed E-state index contributed by atoms with van der Waals surface area (Å²) >= 11 is 0. The highest BCUT2D eigenvalue weighted by Gasteiger charge is 2.06. The molecule has 86 valence electrons. The first-order valence-electron chi connectivity index (χ1n) is 5.82. The first-order valence-corrected chi connectivity index (χ1v) is 5.82. The lowest BCUT2D eigenvalue weighted by Crippen LogP contribution is -2.24. The van der Waals surface area contributed by atoms with Crippen LogP contribution in [0, 0.1) is 25.2 Å². The van der Waals surface area contributed by atoms with Crippen molar-refractivity contribution in [3.63, 3.8) is 0 Å². The van der Waals surface area contributed by atoms with Gasteiger partial charge in [0.1, 0.15) is 0 Å². The van der Waals surface area contributed by atoms with Crippen molar-refractivity contribution in [2.75, 3.05) is 13.1 Å². The predicted octanol–water partition coefficient (Wildman–Crippen LogP) is 3.04. The van der Waals surface area contributed by atoms with E-state index in [0.717, 1.165) is 19.5 Å². The molecule has 0 aliphatic heterocycles. The van der Waals surface area contributed by atoms with Gasteiger partial charge in [0.25, 0.3) is 0 Å². The lowest BCUT2D eigenvalue weighted by atomic mass is 10.1. The minimum absolute atomic E-state index is 0.515. The van der Waals surface area contributed by atoms with Crippen molar-refractivity contribution in [3.05, 3.63) is 34.9 Å². The first-order chi connectivity index (χ1) is 7.67. The summed E-state index contributed by atoms with van der Waals surface area (Å²) in [6, 6.07) is 8.74. The molecule has 0 radical (unpaired) electrons. The monoisotopic (exact) mass is 216 g/mol. The number of benzene rings is 1. The summed E-state index contributed by atoms with van der Waals surface area (Å²) in [6.07, 6.45) is 1.09. The zero-order valence-corrected chi connectivity index (χ0v) is 10.5. The highest BCUT2D eigenvalue weighted by molar-refractivity contribution is 5.30. The summed E-state index contributed by atoms with van der Waals surface area (Å²) in [6.45, 7) is 8.77. The normalized spacial score (nSPS) is 10.4. The Hall–Kier alpha value is -1.33. The van der Waals surface area contributed by atoms with Crippen molar-refractivity contribution in [1.82, 2.24) is 4.90 Å². The lowest BCUT2D eigenvalue weighted by molar-refractivity contribution is 0.298. The molecule has 0 unspecified atom stereocenters. The SMILES string of the molecule is CCCN(CC#N)Cc1cc(C)ccc1C. The molecular weight excluding hydrogens is 196 g/mol. The minimum Gasteiger partial charge on any atom is -0.286 e. The Morgan fingerprint density at radius 1 is 1.31 bits per heavy atom. The number of nitrogens with zero attached hydrogens (tertiary/aromatic N) is 2. The maximum atomic E-state index is 8.77. The molecule has 2 nitrogen and oxygen atoms in total. The van der Waals surface area contributed by atoms with Crippen LogP contribution in [0.2, 0.25) is 0 Å². The van der Waals surface area contributed by atoms with Crippen LogP contribution in [0.3, 0.4) is 0 Å². The fourth-order valence-corrected chi connectivity index (χ4v) is 1.84. The Kier molecular flexibility index (Phi) is 5.01. The molecule has 0 amide bonds. The molecule has 0 N–H and O–H groups in total. The van der Waals surface area contributed by atoms with Gasteiger partial charge in [-0.2, -0.15) is 5.26 Å². The molecule has 16 heavy (non-hydrogen) atoms. The van der Waals surface area contributed by atoms with Gasteiger partial charge >= 0.3 is 0 Å². The van der Waals surface area contributed by atoms with Crippen LogP contribution in [0.5, 0.6) is 0 Å². The van der Waals surface area contributed by atoms with Crippen molar-refractivity contribution >= 4 is 0 Å². The second kappa shape index (κ2) is 6.30. The highest BCUT2D eigenvalue weighted by atomic mass is 15.1. The fourth-order valence-electron chi connectivity index (χ4n) is 1.84. The largest absolute Gasteiger partial charge is 0.286 e. The molecule has 1 aromatic rings. The van der Waals surface area contributed by atoms with E-state index in [9.17, 15) is 0 Å². The van der Waals surface area contributed by atoms with Gasteiger partial charge in [0.2, 0.25) is 0 Å². The molecule has 0 bridgehead atoms. The van der Waals surface area contributed by atoms with Crippen LogP contribution in [-0.2, 0) is 6.54 Å². The molecule has 1 aromatic carbocycles. The summed E-state index contributed by atoms with van der Waals surface area (Å²) in [5.74, 6) is 0. The van der Waals surface area contributed by atoms with Crippen LogP contribution in [0.25, 0.3) is 0 Å². The van der Waals surface area contributed by atoms with E-state index in [0.29, 0.717) is 6.54 Å². The smallest absolute Gasteiger partial charge is 0.0868 e. The van der Waals surface area contributed by atoms with Gasteiger partial charge in [-0.3, -0.25) is 4.90 Å². The molecule has 2 heteroatoms. The van der Waals surface area contributed by atoms with Gasteiger partial charge in [-0.1, -0.05) is 30.7 Å². The van der Waals surface area contributed by atoms with Gasteiger partial charge in [0.15, 0.2) is 0 Å². The molecule has 1 rings (SSSR count). The summed E-state index contributed by atoms with van der Waals surface area (Å²) in [5, 5.41) is 8.77. The zero-order chi connectivity index (χ0) is 12.0. The molecule has 0 atom stereocenters. The second-order valence-electron chi connectivity index (χ2n) is 4.30. The molecule has 0 saturated heterocycles. The minimum atomic E-state index is 0.515. The Balaban J connectivity index is 2.76. The predicted molar refractivity (Wildman–Crippen MR) is 67.1 cm³/mol. The van der Waals surface area contributed by atoms with E-state index in [1.54, 1.807) is 0 Å². The van der Waals surface area contributed by atoms with E-state index in [1.807, 2.05) is 0 Å². The molecule has 0 aliphatic carbocycles. The maximum absolute atomic E-state index is 8.77. The van der Waals surface area contributed by atoms with E-state index in [1.165, 1.54) is 16.7 Å². The third-order valence-corrected chi connectivity index (χ3v) is 2.73. The molecule has 0 aliphatic rings. The summed E-state index contributed by atoms with van der Waals surface area (Å²) in [7, 11) is 0. The van der Waals surface area contributed by atoms with Crippen LogP contribution in [-0.4, -0.2) is 18.0 Å². The van der Waals surface area contributed by atoms with E-state index in [4.69, 9.17) is 5.26 Å². The number of hydrogen-bond acceptors (Lipinski definition) is 2. The number of nitriles is 1. The molecule has 0 heterocycles. The van der Waals surface area contributed by atoms with Crippen molar-refractivity contribution in [2.45, 2.75) is 33.7 Å². The van der Waals surface area contributed by atoms with Gasteiger partial charge in [0.05, 0.1) is 12.6 Å². The maximum Gasteiger partial charge on any atom is 0.0868 e. The van der Waals surface area contributed by atoms with Crippen LogP contribution in [0.4, 0.5) is 0 Å². The van der Waals surface area contributed by atoms with E-state index in [-0.39, 0.29) is 0 Å². The zero-order valence-electron chi connectivity index (χ0n) is 10.5. The number of rotatable bonds is 5. The van der Waals surface area contributed by atoms with Crippen molar-refractivity contribution in [1.29, 1.82) is 5.26 Å². The van der Waals surface area contributed by atoms with Gasteiger partial charge < -0.3 is 0 Å². The first kappa shape index (κ1) is 12.7. The molecular formula is C14H20N2. The number of hydrogen-bond donors (Lipinski definition) is 0. The summed E-state index contributed by atoms with van der Waals surface area (Å²) in [4.78, 5) is 2.20.